The van der Waals surface area contributed by atoms with Gasteiger partial charge in [-0.15, -0.1) is 0 Å². The minimum absolute atomic E-state index is 0.230. The fourth-order valence-electron chi connectivity index (χ4n) is 0.877. The third kappa shape index (κ3) is 1.55. The average molecular weight is 186 g/mol. The van der Waals surface area contributed by atoms with Gasteiger partial charge in [0.25, 0.3) is 5.79 Å². The van der Waals surface area contributed by atoms with Crippen molar-refractivity contribution in [1.82, 2.24) is 0 Å². The Bertz CT molecular complexity index is 170. The number of ether oxygens (including phenoxy) is 2. The molecule has 1 saturated heterocycles. The van der Waals surface area contributed by atoms with Crippen molar-refractivity contribution in [2.45, 2.75) is 25.0 Å². The van der Waals surface area contributed by atoms with Gasteiger partial charge in [-0.3, -0.25) is 0 Å². The summed E-state index contributed by atoms with van der Waals surface area (Å²) in [4.78, 5) is 0. The molecular formula is C6H9F3O3. The zero-order valence-electron chi connectivity index (χ0n) is 6.39. The summed E-state index contributed by atoms with van der Waals surface area (Å²) < 4.78 is 45.2. The number of halogens is 3. The molecule has 72 valence electrons. The highest BCUT2D eigenvalue weighted by molar-refractivity contribution is 4.81. The number of alkyl halides is 3. The zero-order chi connectivity index (χ0) is 9.41. The van der Waals surface area contributed by atoms with Crippen molar-refractivity contribution >= 4 is 0 Å². The number of hydrogen-bond donors (Lipinski definition) is 1. The van der Waals surface area contributed by atoms with Crippen LogP contribution < -0.4 is 0 Å². The molecule has 0 aromatic rings. The minimum atomic E-state index is -4.56. The van der Waals surface area contributed by atoms with Crippen LogP contribution in [0.1, 0.15) is 6.92 Å². The van der Waals surface area contributed by atoms with Crippen molar-refractivity contribution in [3.8, 4) is 0 Å². The van der Waals surface area contributed by atoms with Crippen molar-refractivity contribution in [2.24, 2.45) is 0 Å². The second-order valence-electron chi connectivity index (χ2n) is 2.68. The Balaban J connectivity index is 2.64. The Morgan fingerprint density at radius 2 is 2.17 bits per heavy atom. The molecule has 6 heteroatoms. The summed E-state index contributed by atoms with van der Waals surface area (Å²) in [5.74, 6) is -2.56. The van der Waals surface area contributed by atoms with Crippen LogP contribution in [-0.4, -0.2) is 36.4 Å². The van der Waals surface area contributed by atoms with E-state index in [0.717, 1.165) is 6.92 Å². The Kier molecular flexibility index (Phi) is 2.33. The summed E-state index contributed by atoms with van der Waals surface area (Å²) in [6.45, 7) is 0.0981. The molecule has 1 aliphatic rings. The van der Waals surface area contributed by atoms with Gasteiger partial charge in [-0.1, -0.05) is 0 Å². The van der Waals surface area contributed by atoms with Crippen LogP contribution in [0.3, 0.4) is 0 Å². The van der Waals surface area contributed by atoms with Gasteiger partial charge in [0.2, 0.25) is 0 Å². The van der Waals surface area contributed by atoms with E-state index in [0.29, 0.717) is 0 Å². The Morgan fingerprint density at radius 3 is 2.42 bits per heavy atom. The quantitative estimate of drug-likeness (QED) is 0.654. The van der Waals surface area contributed by atoms with Gasteiger partial charge in [-0.2, -0.15) is 13.2 Å². The highest BCUT2D eigenvalue weighted by Crippen LogP contribution is 2.38. The van der Waals surface area contributed by atoms with Crippen LogP contribution in [0.4, 0.5) is 13.2 Å². The molecule has 1 rings (SSSR count). The molecule has 1 aliphatic heterocycles. The molecule has 2 unspecified atom stereocenters. The van der Waals surface area contributed by atoms with Crippen molar-refractivity contribution in [2.75, 3.05) is 13.2 Å². The molecule has 1 fully saturated rings. The predicted molar refractivity (Wildman–Crippen MR) is 32.4 cm³/mol. The highest BCUT2D eigenvalue weighted by atomic mass is 19.4. The fraction of sp³-hybridized carbons (Fsp3) is 1.00. The van der Waals surface area contributed by atoms with Crippen LogP contribution in [0, 0.1) is 0 Å². The lowest BCUT2D eigenvalue weighted by molar-refractivity contribution is -0.339. The summed E-state index contributed by atoms with van der Waals surface area (Å²) in [7, 11) is 0. The van der Waals surface area contributed by atoms with Gasteiger partial charge in [-0.25, -0.2) is 0 Å². The molecular weight excluding hydrogens is 177 g/mol. The van der Waals surface area contributed by atoms with Gasteiger partial charge >= 0.3 is 6.18 Å². The van der Waals surface area contributed by atoms with Crippen LogP contribution >= 0.6 is 0 Å². The highest BCUT2D eigenvalue weighted by Gasteiger charge is 2.58. The maximum Gasteiger partial charge on any atom is 0.442 e. The monoisotopic (exact) mass is 186 g/mol. The molecule has 0 spiro atoms. The lowest BCUT2D eigenvalue weighted by atomic mass is 10.3. The van der Waals surface area contributed by atoms with Crippen LogP contribution in [0.15, 0.2) is 0 Å². The predicted octanol–water partition coefficient (Wildman–Crippen LogP) is 0.673. The summed E-state index contributed by atoms with van der Waals surface area (Å²) in [6, 6.07) is 0. The molecule has 12 heavy (non-hydrogen) atoms. The first-order chi connectivity index (χ1) is 5.39. The molecule has 0 bridgehead atoms. The second-order valence-corrected chi connectivity index (χ2v) is 2.68. The van der Waals surface area contributed by atoms with Gasteiger partial charge in [0.05, 0.1) is 13.2 Å². The van der Waals surface area contributed by atoms with E-state index in [4.69, 9.17) is 5.11 Å². The van der Waals surface area contributed by atoms with E-state index in [2.05, 4.69) is 9.47 Å². The third-order valence-electron chi connectivity index (χ3n) is 1.65. The van der Waals surface area contributed by atoms with E-state index >= 15 is 0 Å². The van der Waals surface area contributed by atoms with Crippen LogP contribution in [-0.2, 0) is 9.47 Å². The van der Waals surface area contributed by atoms with E-state index in [1.807, 2.05) is 0 Å². The van der Waals surface area contributed by atoms with E-state index in [1.165, 1.54) is 0 Å². The summed E-state index contributed by atoms with van der Waals surface area (Å²) in [6.07, 6.45) is -5.44. The number of aliphatic hydroxyl groups excluding tert-OH is 1. The molecule has 0 aromatic carbocycles. The van der Waals surface area contributed by atoms with Crippen molar-refractivity contribution in [3.63, 3.8) is 0 Å². The molecule has 0 radical (unpaired) electrons. The maximum atomic E-state index is 12.1. The topological polar surface area (TPSA) is 38.7 Å². The Labute approximate surface area is 67.1 Å². The number of hydrogen-bond acceptors (Lipinski definition) is 3. The van der Waals surface area contributed by atoms with E-state index in [9.17, 15) is 13.2 Å². The summed E-state index contributed by atoms with van der Waals surface area (Å²) in [5.41, 5.74) is 0. The first kappa shape index (κ1) is 9.76. The van der Waals surface area contributed by atoms with Crippen LogP contribution in [0.2, 0.25) is 0 Å². The fourth-order valence-corrected chi connectivity index (χ4v) is 0.877. The van der Waals surface area contributed by atoms with E-state index in [-0.39, 0.29) is 6.61 Å². The molecule has 0 aliphatic carbocycles. The average Bonchev–Trinajstić information content (AvgIpc) is 2.31. The lowest BCUT2D eigenvalue weighted by Crippen LogP contribution is -2.43. The number of rotatable bonds is 1. The van der Waals surface area contributed by atoms with Gasteiger partial charge in [0, 0.05) is 0 Å². The molecule has 3 nitrogen and oxygen atoms in total. The zero-order valence-corrected chi connectivity index (χ0v) is 6.39. The van der Waals surface area contributed by atoms with Gasteiger partial charge < -0.3 is 14.6 Å². The largest absolute Gasteiger partial charge is 0.442 e. The first-order valence-corrected chi connectivity index (χ1v) is 3.38. The molecule has 0 amide bonds. The summed E-state index contributed by atoms with van der Waals surface area (Å²) in [5, 5.41) is 8.49. The van der Waals surface area contributed by atoms with Crippen molar-refractivity contribution in [1.29, 1.82) is 0 Å². The molecule has 1 N–H and O–H groups in total. The van der Waals surface area contributed by atoms with Crippen LogP contribution in [0.5, 0.6) is 0 Å². The molecule has 0 aromatic heterocycles. The van der Waals surface area contributed by atoms with E-state index < -0.39 is 24.7 Å². The normalized spacial score (nSPS) is 37.2. The number of aliphatic hydroxyl groups is 1. The second kappa shape index (κ2) is 2.86. The van der Waals surface area contributed by atoms with Gasteiger partial charge in [-0.05, 0) is 6.92 Å². The van der Waals surface area contributed by atoms with Crippen molar-refractivity contribution < 1.29 is 27.8 Å². The maximum absolute atomic E-state index is 12.1. The first-order valence-electron chi connectivity index (χ1n) is 3.38. The Hall–Kier alpha value is -0.330. The standard InChI is InChI=1S/C6H9F3O3/c1-5(6(7,8)9)11-3-4(2-10)12-5/h4,10H,2-3H2,1H3. The Morgan fingerprint density at radius 1 is 1.58 bits per heavy atom. The molecule has 1 heterocycles. The van der Waals surface area contributed by atoms with Gasteiger partial charge in [0.1, 0.15) is 6.10 Å². The van der Waals surface area contributed by atoms with Crippen molar-refractivity contribution in [3.05, 3.63) is 0 Å². The third-order valence-corrected chi connectivity index (χ3v) is 1.65. The lowest BCUT2D eigenvalue weighted by Gasteiger charge is -2.25. The van der Waals surface area contributed by atoms with E-state index in [1.54, 1.807) is 0 Å². The molecule has 2 atom stereocenters. The minimum Gasteiger partial charge on any atom is -0.394 e. The summed E-state index contributed by atoms with van der Waals surface area (Å²) >= 11 is 0. The van der Waals surface area contributed by atoms with Gasteiger partial charge in [0.15, 0.2) is 0 Å². The van der Waals surface area contributed by atoms with Crippen LogP contribution in [0.25, 0.3) is 0 Å². The smallest absolute Gasteiger partial charge is 0.394 e. The molecule has 0 saturated carbocycles. The SMILES string of the molecule is CC1(C(F)(F)F)OCC(CO)O1.